The van der Waals surface area contributed by atoms with Crippen LogP contribution in [-0.2, 0) is 13.1 Å². The Hall–Kier alpha value is -2.63. The molecule has 1 N–H and O–H groups in total. The second-order valence-electron chi connectivity index (χ2n) is 4.35. The van der Waals surface area contributed by atoms with Crippen LogP contribution in [0.1, 0.15) is 12.7 Å². The first kappa shape index (κ1) is 12.4. The maximum Gasteiger partial charge on any atom is 0.128 e. The molecule has 0 fully saturated rings. The fourth-order valence-electron chi connectivity index (χ4n) is 2.13. The Balaban J connectivity index is 1.81. The Morgan fingerprint density at radius 2 is 2.05 bits per heavy atom. The summed E-state index contributed by atoms with van der Waals surface area (Å²) in [6.07, 6.45) is 7.30. The minimum atomic E-state index is 0.673. The van der Waals surface area contributed by atoms with Crippen LogP contribution in [0.25, 0.3) is 5.69 Å². The SMILES string of the molecule is CCn1ccnc1CNc1ccccc1-n1ccnn1. The van der Waals surface area contributed by atoms with E-state index in [1.807, 2.05) is 42.9 Å². The first-order valence-electron chi connectivity index (χ1n) is 6.58. The molecule has 0 spiro atoms. The van der Waals surface area contributed by atoms with Gasteiger partial charge in [0.05, 0.1) is 30.3 Å². The van der Waals surface area contributed by atoms with Crippen molar-refractivity contribution in [3.05, 3.63) is 54.9 Å². The number of rotatable bonds is 5. The van der Waals surface area contributed by atoms with Gasteiger partial charge in [-0.1, -0.05) is 17.3 Å². The lowest BCUT2D eigenvalue weighted by molar-refractivity contribution is 0.707. The lowest BCUT2D eigenvalue weighted by Crippen LogP contribution is -2.09. The van der Waals surface area contributed by atoms with E-state index in [9.17, 15) is 0 Å². The summed E-state index contributed by atoms with van der Waals surface area (Å²) in [6.45, 7) is 3.70. The molecule has 0 aliphatic heterocycles. The van der Waals surface area contributed by atoms with Crippen LogP contribution in [0.3, 0.4) is 0 Å². The van der Waals surface area contributed by atoms with Crippen LogP contribution in [0.15, 0.2) is 49.1 Å². The summed E-state index contributed by atoms with van der Waals surface area (Å²) in [7, 11) is 0. The molecule has 0 atom stereocenters. The number of imidazole rings is 1. The molecule has 6 nitrogen and oxygen atoms in total. The molecule has 0 bridgehead atoms. The largest absolute Gasteiger partial charge is 0.376 e. The highest BCUT2D eigenvalue weighted by molar-refractivity contribution is 5.60. The standard InChI is InChI=1S/C14H16N6/c1-2-19-9-7-15-14(19)11-16-12-5-3-4-6-13(12)20-10-8-17-18-20/h3-10,16H,2,11H2,1H3. The smallest absolute Gasteiger partial charge is 0.128 e. The fraction of sp³-hybridized carbons (Fsp3) is 0.214. The van der Waals surface area contributed by atoms with Gasteiger partial charge in [-0.25, -0.2) is 9.67 Å². The van der Waals surface area contributed by atoms with E-state index >= 15 is 0 Å². The summed E-state index contributed by atoms with van der Waals surface area (Å²) >= 11 is 0. The Morgan fingerprint density at radius 3 is 2.85 bits per heavy atom. The van der Waals surface area contributed by atoms with Gasteiger partial charge in [0.2, 0.25) is 0 Å². The molecule has 0 aliphatic rings. The summed E-state index contributed by atoms with van der Waals surface area (Å²) in [6, 6.07) is 8.00. The van der Waals surface area contributed by atoms with E-state index in [0.717, 1.165) is 23.7 Å². The van der Waals surface area contributed by atoms with Gasteiger partial charge in [-0.2, -0.15) is 0 Å². The number of hydrogen-bond donors (Lipinski definition) is 1. The van der Waals surface area contributed by atoms with Crippen LogP contribution in [0, 0.1) is 0 Å². The molecule has 0 saturated carbocycles. The zero-order valence-electron chi connectivity index (χ0n) is 11.3. The third-order valence-corrected chi connectivity index (χ3v) is 3.15. The van der Waals surface area contributed by atoms with Crippen molar-refractivity contribution in [3.8, 4) is 5.69 Å². The predicted molar refractivity (Wildman–Crippen MR) is 76.6 cm³/mol. The molecular weight excluding hydrogens is 252 g/mol. The monoisotopic (exact) mass is 268 g/mol. The van der Waals surface area contributed by atoms with Gasteiger partial charge in [-0.3, -0.25) is 0 Å². The van der Waals surface area contributed by atoms with Gasteiger partial charge in [-0.05, 0) is 19.1 Å². The molecule has 0 amide bonds. The van der Waals surface area contributed by atoms with E-state index in [1.54, 1.807) is 10.9 Å². The van der Waals surface area contributed by atoms with Gasteiger partial charge in [-0.15, -0.1) is 5.10 Å². The Kier molecular flexibility index (Phi) is 3.45. The van der Waals surface area contributed by atoms with E-state index in [0.29, 0.717) is 6.54 Å². The molecule has 3 aromatic rings. The maximum atomic E-state index is 4.36. The number of hydrogen-bond acceptors (Lipinski definition) is 4. The van der Waals surface area contributed by atoms with Crippen molar-refractivity contribution in [2.45, 2.75) is 20.0 Å². The lowest BCUT2D eigenvalue weighted by atomic mass is 10.2. The van der Waals surface area contributed by atoms with Gasteiger partial charge in [0.1, 0.15) is 5.82 Å². The summed E-state index contributed by atoms with van der Waals surface area (Å²) in [4.78, 5) is 4.36. The van der Waals surface area contributed by atoms with E-state index in [1.165, 1.54) is 0 Å². The zero-order chi connectivity index (χ0) is 13.8. The molecule has 102 valence electrons. The van der Waals surface area contributed by atoms with Crippen molar-refractivity contribution < 1.29 is 0 Å². The van der Waals surface area contributed by atoms with Crippen molar-refractivity contribution in [3.63, 3.8) is 0 Å². The molecule has 2 aromatic heterocycles. The average molecular weight is 268 g/mol. The third kappa shape index (κ3) is 2.40. The molecule has 3 rings (SSSR count). The Labute approximate surface area is 117 Å². The van der Waals surface area contributed by atoms with E-state index in [-0.39, 0.29) is 0 Å². The van der Waals surface area contributed by atoms with Crippen molar-refractivity contribution in [2.24, 2.45) is 0 Å². The molecule has 0 unspecified atom stereocenters. The van der Waals surface area contributed by atoms with Gasteiger partial charge in [0, 0.05) is 18.9 Å². The molecule has 20 heavy (non-hydrogen) atoms. The number of nitrogens with one attached hydrogen (secondary N) is 1. The molecule has 2 heterocycles. The number of anilines is 1. The number of nitrogens with zero attached hydrogens (tertiary/aromatic N) is 5. The maximum absolute atomic E-state index is 4.36. The summed E-state index contributed by atoms with van der Waals surface area (Å²) in [5, 5.41) is 11.3. The van der Waals surface area contributed by atoms with Crippen LogP contribution in [-0.4, -0.2) is 24.5 Å². The molecule has 6 heteroatoms. The number of para-hydroxylation sites is 2. The first-order valence-corrected chi connectivity index (χ1v) is 6.58. The second-order valence-corrected chi connectivity index (χ2v) is 4.35. The fourth-order valence-corrected chi connectivity index (χ4v) is 2.13. The van der Waals surface area contributed by atoms with Gasteiger partial charge < -0.3 is 9.88 Å². The lowest BCUT2D eigenvalue weighted by Gasteiger charge is -2.12. The van der Waals surface area contributed by atoms with Crippen molar-refractivity contribution in [1.29, 1.82) is 0 Å². The first-order chi connectivity index (χ1) is 9.88. The van der Waals surface area contributed by atoms with E-state index in [2.05, 4.69) is 32.1 Å². The van der Waals surface area contributed by atoms with E-state index in [4.69, 9.17) is 0 Å². The average Bonchev–Trinajstić information content (AvgIpc) is 3.16. The number of benzene rings is 1. The van der Waals surface area contributed by atoms with E-state index < -0.39 is 0 Å². The van der Waals surface area contributed by atoms with Crippen LogP contribution in [0.5, 0.6) is 0 Å². The Morgan fingerprint density at radius 1 is 1.15 bits per heavy atom. The second kappa shape index (κ2) is 5.56. The van der Waals surface area contributed by atoms with Gasteiger partial charge in [0.25, 0.3) is 0 Å². The molecule has 0 aliphatic carbocycles. The molecule has 1 aromatic carbocycles. The van der Waals surface area contributed by atoms with Crippen LogP contribution >= 0.6 is 0 Å². The molecule has 0 saturated heterocycles. The highest BCUT2D eigenvalue weighted by atomic mass is 15.4. The van der Waals surface area contributed by atoms with Crippen LogP contribution in [0.2, 0.25) is 0 Å². The zero-order valence-corrected chi connectivity index (χ0v) is 11.3. The third-order valence-electron chi connectivity index (χ3n) is 3.15. The van der Waals surface area contributed by atoms with Crippen LogP contribution < -0.4 is 5.32 Å². The van der Waals surface area contributed by atoms with Crippen molar-refractivity contribution >= 4 is 5.69 Å². The normalized spacial score (nSPS) is 10.7. The van der Waals surface area contributed by atoms with Gasteiger partial charge >= 0.3 is 0 Å². The molecule has 0 radical (unpaired) electrons. The number of aryl methyl sites for hydroxylation is 1. The van der Waals surface area contributed by atoms with Crippen molar-refractivity contribution in [1.82, 2.24) is 24.5 Å². The topological polar surface area (TPSA) is 60.6 Å². The minimum Gasteiger partial charge on any atom is -0.376 e. The molecular formula is C14H16N6. The Bertz CT molecular complexity index is 671. The summed E-state index contributed by atoms with van der Waals surface area (Å²) in [5.41, 5.74) is 1.98. The summed E-state index contributed by atoms with van der Waals surface area (Å²) < 4.78 is 3.86. The van der Waals surface area contributed by atoms with Crippen LogP contribution in [0.4, 0.5) is 5.69 Å². The predicted octanol–water partition coefficient (Wildman–Crippen LogP) is 2.10. The van der Waals surface area contributed by atoms with Gasteiger partial charge in [0.15, 0.2) is 0 Å². The highest BCUT2D eigenvalue weighted by Gasteiger charge is 2.06. The number of aromatic nitrogens is 5. The summed E-state index contributed by atoms with van der Waals surface area (Å²) in [5.74, 6) is 1.01. The quantitative estimate of drug-likeness (QED) is 0.769. The highest BCUT2D eigenvalue weighted by Crippen LogP contribution is 2.19. The minimum absolute atomic E-state index is 0.673. The van der Waals surface area contributed by atoms with Crippen molar-refractivity contribution in [2.75, 3.05) is 5.32 Å².